The van der Waals surface area contributed by atoms with Crippen molar-refractivity contribution in [2.45, 2.75) is 38.8 Å². The van der Waals surface area contributed by atoms with Gasteiger partial charge in [0.1, 0.15) is 0 Å². The molecule has 1 saturated heterocycles. The van der Waals surface area contributed by atoms with Gasteiger partial charge in [0, 0.05) is 25.3 Å². The summed E-state index contributed by atoms with van der Waals surface area (Å²) in [6, 6.07) is 10.6. The van der Waals surface area contributed by atoms with Gasteiger partial charge in [0.05, 0.1) is 17.0 Å². The number of likely N-dealkylation sites (N-methyl/N-ethyl adjacent to an activating group) is 1. The molecule has 136 valence electrons. The van der Waals surface area contributed by atoms with Crippen molar-refractivity contribution in [3.05, 3.63) is 47.3 Å². The summed E-state index contributed by atoms with van der Waals surface area (Å²) in [5, 5.41) is 15.6. The number of nitrogens with zero attached hydrogens (tertiary/aromatic N) is 4. The number of aromatic nitrogens is 2. The average Bonchev–Trinajstić information content (AvgIpc) is 2.85. The van der Waals surface area contributed by atoms with Gasteiger partial charge in [0.15, 0.2) is 0 Å². The average molecular weight is 342 g/mol. The maximum Gasteiger partial charge on any atom is 0.0900 e. The molecular formula is C20H30N4O. The molecule has 1 N–H and O–H groups in total. The first-order valence-corrected chi connectivity index (χ1v) is 9.07. The Morgan fingerprint density at radius 1 is 1.24 bits per heavy atom. The molecule has 1 fully saturated rings. The molecule has 5 nitrogen and oxygen atoms in total. The van der Waals surface area contributed by atoms with Crippen LogP contribution in [0.5, 0.6) is 0 Å². The van der Waals surface area contributed by atoms with Gasteiger partial charge in [0.2, 0.25) is 0 Å². The van der Waals surface area contributed by atoms with Crippen molar-refractivity contribution in [3.63, 3.8) is 0 Å². The molecule has 2 aromatic rings. The zero-order valence-electron chi connectivity index (χ0n) is 15.9. The minimum absolute atomic E-state index is 0.616. The molecule has 0 spiro atoms. The number of para-hydroxylation sites is 1. The standard InChI is InChI=1S/C20H30N4O/c1-16-12-17(2)24(21-16)19-9-6-5-8-18(19)13-23-11-7-10-20(25,15-23)14-22(3)4/h5-6,8-9,12,25H,7,10-11,13-15H2,1-4H3/t20-/m1/s1. The third kappa shape index (κ3) is 4.29. The van der Waals surface area contributed by atoms with E-state index in [0.29, 0.717) is 6.54 Å². The number of β-amino-alcohol motifs (C(OH)–C–C–N with tert-alkyl or cyclic N) is 1. The second-order valence-electron chi connectivity index (χ2n) is 7.74. The fourth-order valence-corrected chi connectivity index (χ4v) is 4.02. The van der Waals surface area contributed by atoms with E-state index < -0.39 is 5.60 Å². The highest BCUT2D eigenvalue weighted by atomic mass is 16.3. The number of aliphatic hydroxyl groups is 1. The van der Waals surface area contributed by atoms with E-state index in [1.54, 1.807) is 0 Å². The van der Waals surface area contributed by atoms with Crippen molar-refractivity contribution in [1.29, 1.82) is 0 Å². The lowest BCUT2D eigenvalue weighted by Gasteiger charge is -2.40. The molecule has 25 heavy (non-hydrogen) atoms. The van der Waals surface area contributed by atoms with Crippen molar-refractivity contribution in [2.75, 3.05) is 33.7 Å². The third-order valence-electron chi connectivity index (χ3n) is 4.87. The van der Waals surface area contributed by atoms with Gasteiger partial charge >= 0.3 is 0 Å². The maximum absolute atomic E-state index is 10.9. The second-order valence-corrected chi connectivity index (χ2v) is 7.74. The van der Waals surface area contributed by atoms with Crippen LogP contribution in [0, 0.1) is 13.8 Å². The Hall–Kier alpha value is -1.69. The summed E-state index contributed by atoms with van der Waals surface area (Å²) in [6.07, 6.45) is 1.91. The molecular weight excluding hydrogens is 312 g/mol. The van der Waals surface area contributed by atoms with Crippen molar-refractivity contribution in [2.24, 2.45) is 0 Å². The van der Waals surface area contributed by atoms with Crippen LogP contribution in [-0.2, 0) is 6.54 Å². The van der Waals surface area contributed by atoms with Crippen molar-refractivity contribution < 1.29 is 5.11 Å². The summed E-state index contributed by atoms with van der Waals surface area (Å²) < 4.78 is 2.03. The van der Waals surface area contributed by atoms with Crippen LogP contribution in [-0.4, -0.2) is 64.0 Å². The molecule has 0 radical (unpaired) electrons. The predicted molar refractivity (Wildman–Crippen MR) is 101 cm³/mol. The van der Waals surface area contributed by atoms with Crippen LogP contribution in [0.25, 0.3) is 5.69 Å². The molecule has 0 aliphatic carbocycles. The van der Waals surface area contributed by atoms with E-state index in [0.717, 1.165) is 49.6 Å². The Bertz CT molecular complexity index is 724. The molecule has 3 rings (SSSR count). The van der Waals surface area contributed by atoms with Crippen LogP contribution in [0.1, 0.15) is 29.8 Å². The largest absolute Gasteiger partial charge is 0.387 e. The summed E-state index contributed by atoms with van der Waals surface area (Å²) in [7, 11) is 4.05. The van der Waals surface area contributed by atoms with Crippen molar-refractivity contribution in [1.82, 2.24) is 19.6 Å². The predicted octanol–water partition coefficient (Wildman–Crippen LogP) is 2.38. The molecule has 2 heterocycles. The summed E-state index contributed by atoms with van der Waals surface area (Å²) in [6.45, 7) is 7.41. The van der Waals surface area contributed by atoms with Crippen LogP contribution >= 0.6 is 0 Å². The molecule has 1 aromatic heterocycles. The van der Waals surface area contributed by atoms with Gasteiger partial charge in [-0.05, 0) is 65.0 Å². The Kier molecular flexibility index (Phi) is 5.27. The molecule has 1 atom stereocenters. The van der Waals surface area contributed by atoms with E-state index in [2.05, 4.69) is 52.2 Å². The first kappa shape index (κ1) is 18.1. The lowest BCUT2D eigenvalue weighted by atomic mass is 9.92. The highest BCUT2D eigenvalue weighted by Crippen LogP contribution is 2.25. The first-order valence-electron chi connectivity index (χ1n) is 9.07. The fraction of sp³-hybridized carbons (Fsp3) is 0.550. The first-order chi connectivity index (χ1) is 11.9. The molecule has 0 bridgehead atoms. The van der Waals surface area contributed by atoms with Crippen molar-refractivity contribution in [3.8, 4) is 5.69 Å². The number of likely N-dealkylation sites (tertiary alicyclic amines) is 1. The van der Waals surface area contributed by atoms with Gasteiger partial charge in [-0.3, -0.25) is 4.90 Å². The van der Waals surface area contributed by atoms with Crippen LogP contribution in [0.3, 0.4) is 0 Å². The Balaban J connectivity index is 1.81. The van der Waals surface area contributed by atoms with E-state index in [4.69, 9.17) is 0 Å². The third-order valence-corrected chi connectivity index (χ3v) is 4.87. The number of aryl methyl sites for hydroxylation is 2. The molecule has 1 aromatic carbocycles. The number of hydrogen-bond donors (Lipinski definition) is 1. The van der Waals surface area contributed by atoms with Gasteiger partial charge in [-0.25, -0.2) is 4.68 Å². The van der Waals surface area contributed by atoms with Gasteiger partial charge in [-0.1, -0.05) is 18.2 Å². The van der Waals surface area contributed by atoms with Crippen molar-refractivity contribution >= 4 is 0 Å². The normalized spacial score (nSPS) is 21.8. The second kappa shape index (κ2) is 7.28. The lowest BCUT2D eigenvalue weighted by molar-refractivity contribution is -0.0480. The van der Waals surface area contributed by atoms with E-state index in [9.17, 15) is 5.11 Å². The Morgan fingerprint density at radius 2 is 2.00 bits per heavy atom. The summed E-state index contributed by atoms with van der Waals surface area (Å²) in [4.78, 5) is 4.45. The summed E-state index contributed by atoms with van der Waals surface area (Å²) in [5.74, 6) is 0. The topological polar surface area (TPSA) is 44.5 Å². The van der Waals surface area contributed by atoms with Crippen LogP contribution < -0.4 is 0 Å². The zero-order chi connectivity index (χ0) is 18.0. The van der Waals surface area contributed by atoms with E-state index in [-0.39, 0.29) is 0 Å². The quantitative estimate of drug-likeness (QED) is 0.906. The molecule has 0 unspecified atom stereocenters. The minimum Gasteiger partial charge on any atom is -0.387 e. The zero-order valence-corrected chi connectivity index (χ0v) is 15.9. The number of benzene rings is 1. The SMILES string of the molecule is Cc1cc(C)n(-c2ccccc2CN2CCC[C@@](O)(CN(C)C)C2)n1. The van der Waals surface area contributed by atoms with Gasteiger partial charge in [-0.2, -0.15) is 5.10 Å². The van der Waals surface area contributed by atoms with Gasteiger partial charge < -0.3 is 10.0 Å². The lowest BCUT2D eigenvalue weighted by Crippen LogP contribution is -2.52. The summed E-state index contributed by atoms with van der Waals surface area (Å²) >= 11 is 0. The smallest absolute Gasteiger partial charge is 0.0900 e. The minimum atomic E-state index is -0.616. The Morgan fingerprint density at radius 3 is 2.68 bits per heavy atom. The summed E-state index contributed by atoms with van der Waals surface area (Å²) in [5.41, 5.74) is 3.95. The Labute approximate surface area is 150 Å². The molecule has 1 aliphatic heterocycles. The molecule has 1 aliphatic rings. The highest BCUT2D eigenvalue weighted by Gasteiger charge is 2.33. The number of hydrogen-bond acceptors (Lipinski definition) is 4. The van der Waals surface area contributed by atoms with E-state index >= 15 is 0 Å². The number of piperidine rings is 1. The molecule has 0 saturated carbocycles. The maximum atomic E-state index is 10.9. The highest BCUT2D eigenvalue weighted by molar-refractivity contribution is 5.42. The van der Waals surface area contributed by atoms with Gasteiger partial charge in [0.25, 0.3) is 0 Å². The molecule has 0 amide bonds. The molecule has 5 heteroatoms. The monoisotopic (exact) mass is 342 g/mol. The van der Waals surface area contributed by atoms with E-state index in [1.807, 2.05) is 25.7 Å². The van der Waals surface area contributed by atoms with Gasteiger partial charge in [-0.15, -0.1) is 0 Å². The van der Waals surface area contributed by atoms with Crippen LogP contribution in [0.4, 0.5) is 0 Å². The van der Waals surface area contributed by atoms with Crippen LogP contribution in [0.15, 0.2) is 30.3 Å². The van der Waals surface area contributed by atoms with E-state index in [1.165, 1.54) is 5.56 Å². The number of rotatable bonds is 5. The fourth-order valence-electron chi connectivity index (χ4n) is 4.02. The van der Waals surface area contributed by atoms with Crippen LogP contribution in [0.2, 0.25) is 0 Å².